The van der Waals surface area contributed by atoms with E-state index in [-0.39, 0.29) is 5.41 Å². The fourth-order valence-electron chi connectivity index (χ4n) is 2.04. The molecule has 0 fully saturated rings. The van der Waals surface area contributed by atoms with E-state index >= 15 is 0 Å². The highest BCUT2D eigenvalue weighted by molar-refractivity contribution is 5.26. The van der Waals surface area contributed by atoms with E-state index in [1.807, 2.05) is 6.08 Å². The molecule has 0 spiro atoms. The van der Waals surface area contributed by atoms with Gasteiger partial charge in [0.25, 0.3) is 0 Å². The topological polar surface area (TPSA) is 12.0 Å². The lowest BCUT2D eigenvalue weighted by atomic mass is 9.83. The fourth-order valence-corrected chi connectivity index (χ4v) is 2.04. The molecule has 0 radical (unpaired) electrons. The van der Waals surface area contributed by atoms with Gasteiger partial charge in [0.1, 0.15) is 0 Å². The van der Waals surface area contributed by atoms with Crippen LogP contribution in [-0.2, 0) is 12.6 Å². The van der Waals surface area contributed by atoms with Gasteiger partial charge in [-0.05, 0) is 37.1 Å². The van der Waals surface area contributed by atoms with E-state index in [9.17, 15) is 13.2 Å². The molecule has 1 aromatic rings. The van der Waals surface area contributed by atoms with Crippen molar-refractivity contribution in [2.24, 2.45) is 5.41 Å². The number of hydrogen-bond donors (Lipinski definition) is 1. The molecule has 1 atom stereocenters. The largest absolute Gasteiger partial charge is 0.416 e. The minimum Gasteiger partial charge on any atom is -0.316 e. The van der Waals surface area contributed by atoms with Crippen molar-refractivity contribution in [2.75, 3.05) is 13.1 Å². The van der Waals surface area contributed by atoms with Crippen molar-refractivity contribution < 1.29 is 13.2 Å². The van der Waals surface area contributed by atoms with Crippen molar-refractivity contribution in [2.45, 2.75) is 32.9 Å². The zero-order valence-corrected chi connectivity index (χ0v) is 12.1. The third-order valence-electron chi connectivity index (χ3n) is 3.34. The van der Waals surface area contributed by atoms with Crippen LogP contribution in [0.4, 0.5) is 13.2 Å². The van der Waals surface area contributed by atoms with Gasteiger partial charge in [0.15, 0.2) is 0 Å². The molecule has 4 heteroatoms. The van der Waals surface area contributed by atoms with Gasteiger partial charge in [-0.3, -0.25) is 0 Å². The summed E-state index contributed by atoms with van der Waals surface area (Å²) in [6, 6.07) is 5.37. The third kappa shape index (κ3) is 5.00. The molecule has 0 saturated carbocycles. The lowest BCUT2D eigenvalue weighted by molar-refractivity contribution is -0.137. The lowest BCUT2D eigenvalue weighted by Gasteiger charge is -2.26. The van der Waals surface area contributed by atoms with Gasteiger partial charge in [0.2, 0.25) is 0 Å². The van der Waals surface area contributed by atoms with Crippen LogP contribution in [0.3, 0.4) is 0 Å². The zero-order valence-electron chi connectivity index (χ0n) is 12.1. The Hall–Kier alpha value is -1.29. The second kappa shape index (κ2) is 6.93. The van der Waals surface area contributed by atoms with Crippen LogP contribution >= 0.6 is 0 Å². The first-order valence-corrected chi connectivity index (χ1v) is 6.81. The maximum atomic E-state index is 12.5. The Morgan fingerprint density at radius 3 is 2.25 bits per heavy atom. The van der Waals surface area contributed by atoms with E-state index in [4.69, 9.17) is 0 Å². The second-order valence-corrected chi connectivity index (χ2v) is 5.41. The molecule has 112 valence electrons. The van der Waals surface area contributed by atoms with Crippen molar-refractivity contribution in [3.8, 4) is 0 Å². The molecule has 20 heavy (non-hydrogen) atoms. The maximum Gasteiger partial charge on any atom is 0.416 e. The molecule has 1 nitrogen and oxygen atoms in total. The molecule has 1 aromatic carbocycles. The Bertz CT molecular complexity index is 422. The summed E-state index contributed by atoms with van der Waals surface area (Å²) < 4.78 is 37.5. The summed E-state index contributed by atoms with van der Waals surface area (Å²) in [6.07, 6.45) is -0.685. The van der Waals surface area contributed by atoms with Crippen LogP contribution in [0.15, 0.2) is 36.9 Å². The first-order chi connectivity index (χ1) is 9.30. The predicted octanol–water partition coefficient (Wildman–Crippen LogP) is 4.44. The minimum atomic E-state index is -4.27. The molecule has 1 N–H and O–H groups in total. The van der Waals surface area contributed by atoms with E-state index in [0.29, 0.717) is 6.42 Å². The van der Waals surface area contributed by atoms with Gasteiger partial charge in [-0.1, -0.05) is 32.1 Å². The molecule has 0 bridgehead atoms. The summed E-state index contributed by atoms with van der Waals surface area (Å²) >= 11 is 0. The Morgan fingerprint density at radius 1 is 1.20 bits per heavy atom. The van der Waals surface area contributed by atoms with Gasteiger partial charge >= 0.3 is 6.18 Å². The molecule has 0 amide bonds. The van der Waals surface area contributed by atoms with Crippen LogP contribution in [0.5, 0.6) is 0 Å². The van der Waals surface area contributed by atoms with E-state index in [2.05, 4.69) is 25.7 Å². The molecular weight excluding hydrogens is 263 g/mol. The number of alkyl halides is 3. The highest BCUT2D eigenvalue weighted by Crippen LogP contribution is 2.30. The number of halogens is 3. The maximum absolute atomic E-state index is 12.5. The highest BCUT2D eigenvalue weighted by atomic mass is 19.4. The summed E-state index contributed by atoms with van der Waals surface area (Å²) in [7, 11) is 0. The Kier molecular flexibility index (Phi) is 5.81. The molecule has 0 aromatic heterocycles. The smallest absolute Gasteiger partial charge is 0.316 e. The molecule has 0 aliphatic heterocycles. The quantitative estimate of drug-likeness (QED) is 0.577. The van der Waals surface area contributed by atoms with Crippen LogP contribution in [0.25, 0.3) is 0 Å². The Balaban J connectivity index is 2.72. The first kappa shape index (κ1) is 16.8. The zero-order chi connectivity index (χ0) is 15.2. The normalized spacial score (nSPS) is 14.8. The lowest BCUT2D eigenvalue weighted by Crippen LogP contribution is -2.32. The standard InChI is InChI=1S/C16H22F3N/c1-4-10-20-12-15(3,5-2)11-13-6-8-14(9-7-13)16(17,18)19/h5-9,20H,2,4,10-12H2,1,3H3. The third-order valence-corrected chi connectivity index (χ3v) is 3.34. The molecule has 0 saturated heterocycles. The van der Waals surface area contributed by atoms with E-state index in [0.717, 1.165) is 37.2 Å². The van der Waals surface area contributed by atoms with Gasteiger partial charge in [-0.2, -0.15) is 13.2 Å². The predicted molar refractivity (Wildman–Crippen MR) is 76.6 cm³/mol. The summed E-state index contributed by atoms with van der Waals surface area (Å²) in [5.41, 5.74) is 0.124. The number of nitrogens with one attached hydrogen (secondary N) is 1. The number of hydrogen-bond acceptors (Lipinski definition) is 1. The van der Waals surface area contributed by atoms with E-state index in [1.165, 1.54) is 0 Å². The summed E-state index contributed by atoms with van der Waals surface area (Å²) in [5, 5.41) is 3.33. The number of rotatable bonds is 7. The van der Waals surface area contributed by atoms with Crippen molar-refractivity contribution in [1.82, 2.24) is 5.32 Å². The fraction of sp³-hybridized carbons (Fsp3) is 0.500. The van der Waals surface area contributed by atoms with Crippen LogP contribution in [0.2, 0.25) is 0 Å². The molecule has 1 rings (SSSR count). The van der Waals surface area contributed by atoms with Crippen molar-refractivity contribution >= 4 is 0 Å². The first-order valence-electron chi connectivity index (χ1n) is 6.81. The molecular formula is C16H22F3N. The van der Waals surface area contributed by atoms with Crippen LogP contribution < -0.4 is 5.32 Å². The van der Waals surface area contributed by atoms with E-state index < -0.39 is 11.7 Å². The summed E-state index contributed by atoms with van der Waals surface area (Å²) in [5.74, 6) is 0. The molecule has 1 unspecified atom stereocenters. The van der Waals surface area contributed by atoms with Crippen LogP contribution in [0, 0.1) is 5.41 Å². The molecule has 0 aliphatic carbocycles. The van der Waals surface area contributed by atoms with Gasteiger partial charge in [0, 0.05) is 12.0 Å². The van der Waals surface area contributed by atoms with E-state index in [1.54, 1.807) is 12.1 Å². The summed E-state index contributed by atoms with van der Waals surface area (Å²) in [6.45, 7) is 9.69. The SMILES string of the molecule is C=CC(C)(CNCCC)Cc1ccc(C(F)(F)F)cc1. The second-order valence-electron chi connectivity index (χ2n) is 5.41. The van der Waals surface area contributed by atoms with Crippen molar-refractivity contribution in [3.05, 3.63) is 48.0 Å². The molecule has 0 aliphatic rings. The Labute approximate surface area is 118 Å². The summed E-state index contributed by atoms with van der Waals surface area (Å²) in [4.78, 5) is 0. The average molecular weight is 285 g/mol. The average Bonchev–Trinajstić information content (AvgIpc) is 2.38. The minimum absolute atomic E-state index is 0.158. The van der Waals surface area contributed by atoms with Gasteiger partial charge in [0.05, 0.1) is 5.56 Å². The molecule has 0 heterocycles. The van der Waals surface area contributed by atoms with Gasteiger partial charge in [-0.25, -0.2) is 0 Å². The van der Waals surface area contributed by atoms with Gasteiger partial charge in [-0.15, -0.1) is 6.58 Å². The van der Waals surface area contributed by atoms with Crippen molar-refractivity contribution in [1.29, 1.82) is 0 Å². The highest BCUT2D eigenvalue weighted by Gasteiger charge is 2.30. The van der Waals surface area contributed by atoms with Gasteiger partial charge < -0.3 is 5.32 Å². The monoisotopic (exact) mass is 285 g/mol. The van der Waals surface area contributed by atoms with Crippen LogP contribution in [-0.4, -0.2) is 13.1 Å². The van der Waals surface area contributed by atoms with Crippen LogP contribution in [0.1, 0.15) is 31.4 Å². The van der Waals surface area contributed by atoms with Crippen molar-refractivity contribution in [3.63, 3.8) is 0 Å². The Morgan fingerprint density at radius 2 is 1.80 bits per heavy atom. The number of benzene rings is 1.